The van der Waals surface area contributed by atoms with Gasteiger partial charge in [0.25, 0.3) is 0 Å². The van der Waals surface area contributed by atoms with E-state index in [1.165, 1.54) is 37.7 Å². The van der Waals surface area contributed by atoms with Crippen molar-refractivity contribution in [1.82, 2.24) is 15.1 Å². The normalized spacial score (nSPS) is 17.6. The maximum Gasteiger partial charge on any atom is 0.0641 e. The summed E-state index contributed by atoms with van der Waals surface area (Å²) < 4.78 is 1.90. The first kappa shape index (κ1) is 13.3. The number of allylic oxidation sites excluding steroid dienone is 1. The van der Waals surface area contributed by atoms with Gasteiger partial charge in [0.15, 0.2) is 0 Å². The molecule has 0 spiro atoms. The van der Waals surface area contributed by atoms with Gasteiger partial charge < -0.3 is 5.32 Å². The van der Waals surface area contributed by atoms with Crippen molar-refractivity contribution in [3.8, 4) is 0 Å². The molecule has 0 aromatic carbocycles. The molecular weight excluding hydrogens is 222 g/mol. The van der Waals surface area contributed by atoms with Crippen molar-refractivity contribution < 1.29 is 0 Å². The lowest BCUT2D eigenvalue weighted by Gasteiger charge is -2.16. The molecule has 0 fully saturated rings. The van der Waals surface area contributed by atoms with Crippen molar-refractivity contribution in [1.29, 1.82) is 0 Å². The van der Waals surface area contributed by atoms with Gasteiger partial charge in [0, 0.05) is 24.8 Å². The first-order chi connectivity index (χ1) is 8.66. The molecule has 1 atom stereocenters. The lowest BCUT2D eigenvalue weighted by Crippen LogP contribution is -2.20. The van der Waals surface area contributed by atoms with Crippen LogP contribution in [0.25, 0.3) is 0 Å². The Morgan fingerprint density at radius 3 is 2.89 bits per heavy atom. The molecule has 0 bridgehead atoms. The Balaban J connectivity index is 1.79. The summed E-state index contributed by atoms with van der Waals surface area (Å²) in [6.45, 7) is 5.37. The zero-order valence-corrected chi connectivity index (χ0v) is 11.9. The number of hydrogen-bond acceptors (Lipinski definition) is 2. The first-order valence-electron chi connectivity index (χ1n) is 7.08. The van der Waals surface area contributed by atoms with Crippen molar-refractivity contribution in [3.63, 3.8) is 0 Å². The zero-order valence-electron chi connectivity index (χ0n) is 11.9. The van der Waals surface area contributed by atoms with E-state index in [1.807, 2.05) is 11.7 Å². The van der Waals surface area contributed by atoms with Gasteiger partial charge >= 0.3 is 0 Å². The molecule has 18 heavy (non-hydrogen) atoms. The standard InChI is InChI=1S/C15H25N3/c1-12(15-11-18(3)17-13(15)2)16-10-9-14-7-5-4-6-8-14/h7,11-12,16H,4-6,8-10H2,1-3H3. The highest BCUT2D eigenvalue weighted by molar-refractivity contribution is 5.19. The molecule has 1 aliphatic rings. The molecule has 1 aromatic rings. The molecule has 3 heteroatoms. The van der Waals surface area contributed by atoms with Crippen molar-refractivity contribution in [3.05, 3.63) is 29.1 Å². The van der Waals surface area contributed by atoms with E-state index in [4.69, 9.17) is 0 Å². The molecular formula is C15H25N3. The highest BCUT2D eigenvalue weighted by atomic mass is 15.3. The minimum Gasteiger partial charge on any atom is -0.310 e. The Bertz CT molecular complexity index is 417. The van der Waals surface area contributed by atoms with Crippen LogP contribution in [0.15, 0.2) is 17.8 Å². The largest absolute Gasteiger partial charge is 0.310 e. The summed E-state index contributed by atoms with van der Waals surface area (Å²) in [7, 11) is 1.98. The summed E-state index contributed by atoms with van der Waals surface area (Å²) in [4.78, 5) is 0. The fraction of sp³-hybridized carbons (Fsp3) is 0.667. The average molecular weight is 247 g/mol. The summed E-state index contributed by atoms with van der Waals surface area (Å²) >= 11 is 0. The average Bonchev–Trinajstić information content (AvgIpc) is 2.70. The van der Waals surface area contributed by atoms with Crippen LogP contribution in [0.5, 0.6) is 0 Å². The lowest BCUT2D eigenvalue weighted by atomic mass is 9.97. The van der Waals surface area contributed by atoms with Crippen LogP contribution in [0.4, 0.5) is 0 Å². The number of nitrogens with one attached hydrogen (secondary N) is 1. The van der Waals surface area contributed by atoms with Crippen molar-refractivity contribution in [2.75, 3.05) is 6.54 Å². The number of hydrogen-bond donors (Lipinski definition) is 1. The smallest absolute Gasteiger partial charge is 0.0641 e. The second-order valence-corrected chi connectivity index (χ2v) is 5.38. The molecule has 2 rings (SSSR count). The molecule has 0 aliphatic heterocycles. The van der Waals surface area contributed by atoms with E-state index in [9.17, 15) is 0 Å². The van der Waals surface area contributed by atoms with Gasteiger partial charge in [0.2, 0.25) is 0 Å². The Labute approximate surface area is 110 Å². The van der Waals surface area contributed by atoms with E-state index in [1.54, 1.807) is 5.57 Å². The molecule has 1 aliphatic carbocycles. The minimum absolute atomic E-state index is 0.392. The van der Waals surface area contributed by atoms with Crippen molar-refractivity contribution in [2.45, 2.75) is 52.0 Å². The predicted octanol–water partition coefficient (Wildman–Crippen LogP) is 3.27. The zero-order chi connectivity index (χ0) is 13.0. The third-order valence-electron chi connectivity index (χ3n) is 3.80. The van der Waals surface area contributed by atoms with Crippen molar-refractivity contribution in [2.24, 2.45) is 7.05 Å². The number of aryl methyl sites for hydroxylation is 2. The summed E-state index contributed by atoms with van der Waals surface area (Å²) in [5.74, 6) is 0. The van der Waals surface area contributed by atoms with Gasteiger partial charge in [-0.2, -0.15) is 5.10 Å². The fourth-order valence-electron chi connectivity index (χ4n) is 2.73. The van der Waals surface area contributed by atoms with Gasteiger partial charge in [-0.05, 0) is 52.5 Å². The van der Waals surface area contributed by atoms with Gasteiger partial charge in [-0.1, -0.05) is 11.6 Å². The molecule has 0 saturated heterocycles. The number of rotatable bonds is 5. The van der Waals surface area contributed by atoms with Crippen LogP contribution in [0.1, 0.15) is 56.3 Å². The molecule has 0 saturated carbocycles. The number of nitrogens with zero attached hydrogens (tertiary/aromatic N) is 2. The molecule has 1 N–H and O–H groups in total. The second-order valence-electron chi connectivity index (χ2n) is 5.38. The summed E-state index contributed by atoms with van der Waals surface area (Å²) in [5.41, 5.74) is 4.09. The highest BCUT2D eigenvalue weighted by Crippen LogP contribution is 2.20. The van der Waals surface area contributed by atoms with Crippen LogP contribution < -0.4 is 5.32 Å². The fourth-order valence-corrected chi connectivity index (χ4v) is 2.73. The van der Waals surface area contributed by atoms with Gasteiger partial charge in [-0.25, -0.2) is 0 Å². The monoisotopic (exact) mass is 247 g/mol. The SMILES string of the molecule is Cc1nn(C)cc1C(C)NCCC1=CCCCC1. The maximum absolute atomic E-state index is 4.40. The molecule has 0 radical (unpaired) electrons. The molecule has 3 nitrogen and oxygen atoms in total. The predicted molar refractivity (Wildman–Crippen MR) is 75.5 cm³/mol. The quantitative estimate of drug-likeness (QED) is 0.809. The van der Waals surface area contributed by atoms with E-state index < -0.39 is 0 Å². The lowest BCUT2D eigenvalue weighted by molar-refractivity contribution is 0.560. The minimum atomic E-state index is 0.392. The number of aromatic nitrogens is 2. The van der Waals surface area contributed by atoms with Crippen LogP contribution in [0.2, 0.25) is 0 Å². The summed E-state index contributed by atoms with van der Waals surface area (Å²) in [5, 5.41) is 8.00. The second kappa shape index (κ2) is 6.19. The molecule has 100 valence electrons. The third-order valence-corrected chi connectivity index (χ3v) is 3.80. The Morgan fingerprint density at radius 1 is 1.44 bits per heavy atom. The summed E-state index contributed by atoms with van der Waals surface area (Å²) in [6, 6.07) is 0.392. The van der Waals surface area contributed by atoms with Gasteiger partial charge in [-0.15, -0.1) is 0 Å². The van der Waals surface area contributed by atoms with Crippen LogP contribution in [0, 0.1) is 6.92 Å². The summed E-state index contributed by atoms with van der Waals surface area (Å²) in [6.07, 6.45) is 11.1. The highest BCUT2D eigenvalue weighted by Gasteiger charge is 2.11. The van der Waals surface area contributed by atoms with Crippen LogP contribution >= 0.6 is 0 Å². The molecule has 1 aromatic heterocycles. The maximum atomic E-state index is 4.40. The molecule has 0 amide bonds. The van der Waals surface area contributed by atoms with Gasteiger partial charge in [0.1, 0.15) is 0 Å². The van der Waals surface area contributed by atoms with Crippen LogP contribution in [0.3, 0.4) is 0 Å². The van der Waals surface area contributed by atoms with Crippen LogP contribution in [-0.2, 0) is 7.05 Å². The Hall–Kier alpha value is -1.09. The van der Waals surface area contributed by atoms with Gasteiger partial charge in [-0.3, -0.25) is 4.68 Å². The Morgan fingerprint density at radius 2 is 2.28 bits per heavy atom. The molecule has 1 heterocycles. The van der Waals surface area contributed by atoms with Crippen LogP contribution in [-0.4, -0.2) is 16.3 Å². The van der Waals surface area contributed by atoms with E-state index >= 15 is 0 Å². The van der Waals surface area contributed by atoms with E-state index in [0.29, 0.717) is 6.04 Å². The van der Waals surface area contributed by atoms with Gasteiger partial charge in [0.05, 0.1) is 5.69 Å². The third kappa shape index (κ3) is 3.45. The first-order valence-corrected chi connectivity index (χ1v) is 7.08. The van der Waals surface area contributed by atoms with E-state index in [0.717, 1.165) is 12.2 Å². The van der Waals surface area contributed by atoms with E-state index in [-0.39, 0.29) is 0 Å². The topological polar surface area (TPSA) is 29.9 Å². The van der Waals surface area contributed by atoms with E-state index in [2.05, 4.69) is 36.5 Å². The molecule has 1 unspecified atom stereocenters. The van der Waals surface area contributed by atoms with Crippen molar-refractivity contribution >= 4 is 0 Å². The Kier molecular flexibility index (Phi) is 4.59.